The van der Waals surface area contributed by atoms with Gasteiger partial charge in [-0.2, -0.15) is 0 Å². The summed E-state index contributed by atoms with van der Waals surface area (Å²) in [5, 5.41) is -0.801. The van der Waals surface area contributed by atoms with E-state index in [4.69, 9.17) is 5.53 Å². The van der Waals surface area contributed by atoms with Gasteiger partial charge in [0, 0.05) is 28.4 Å². The summed E-state index contributed by atoms with van der Waals surface area (Å²) in [6, 6.07) is 0. The molecule has 0 aromatic heterocycles. The van der Waals surface area contributed by atoms with Crippen LogP contribution in [-0.2, 0) is 27.2 Å². The van der Waals surface area contributed by atoms with Crippen molar-refractivity contribution in [1.29, 1.82) is 0 Å². The second kappa shape index (κ2) is 5.68. The minimum atomic E-state index is -3.96. The topological polar surface area (TPSA) is 107 Å². The summed E-state index contributed by atoms with van der Waals surface area (Å²) in [6.07, 6.45) is 0. The Morgan fingerprint density at radius 2 is 1.20 bits per heavy atom. The summed E-state index contributed by atoms with van der Waals surface area (Å²) < 4.78 is 41.6. The van der Waals surface area contributed by atoms with E-state index >= 15 is 0 Å². The highest BCUT2D eigenvalue weighted by atomic mass is 31.2. The molecular weight excluding hydrogens is 246 g/mol. The van der Waals surface area contributed by atoms with Crippen LogP contribution in [0, 0.1) is 0 Å². The fourth-order valence-electron chi connectivity index (χ4n) is 0.735. The first-order valence-corrected chi connectivity index (χ1v) is 6.68. The van der Waals surface area contributed by atoms with Gasteiger partial charge in [-0.3, -0.25) is 0 Å². The summed E-state index contributed by atoms with van der Waals surface area (Å²) in [4.78, 5) is 2.61. The van der Waals surface area contributed by atoms with Gasteiger partial charge in [-0.1, -0.05) is 0 Å². The average Bonchev–Trinajstić information content (AvgIpc) is 2.29. The van der Waals surface area contributed by atoms with Crippen LogP contribution in [0.1, 0.15) is 0 Å². The highest BCUT2D eigenvalue weighted by Crippen LogP contribution is 2.64. The van der Waals surface area contributed by atoms with Crippen LogP contribution in [0.3, 0.4) is 0 Å². The van der Waals surface area contributed by atoms with Crippen LogP contribution >= 0.6 is 15.2 Å². The second-order valence-corrected chi connectivity index (χ2v) is 6.78. The van der Waals surface area contributed by atoms with Crippen molar-refractivity contribution in [2.75, 3.05) is 28.4 Å². The third kappa shape index (κ3) is 2.83. The Morgan fingerprint density at radius 3 is 1.33 bits per heavy atom. The van der Waals surface area contributed by atoms with Crippen LogP contribution in [0.25, 0.3) is 5.53 Å². The lowest BCUT2D eigenvalue weighted by molar-refractivity contribution is -0.00144. The Hall–Kier alpha value is -0.320. The number of rotatable bonds is 6. The molecule has 0 aliphatic carbocycles. The lowest BCUT2D eigenvalue weighted by atomic mass is 11.7. The van der Waals surface area contributed by atoms with Crippen LogP contribution < -0.4 is 0 Å². The molecule has 0 heterocycles. The van der Waals surface area contributed by atoms with E-state index in [0.717, 1.165) is 28.4 Å². The Kier molecular flexibility index (Phi) is 5.56. The molecule has 0 aliphatic heterocycles. The molecule has 0 aromatic rings. The predicted octanol–water partition coefficient (Wildman–Crippen LogP) is 1.54. The molecule has 8 nitrogen and oxygen atoms in total. The number of hydrogen-bond acceptors (Lipinski definition) is 6. The first kappa shape index (κ1) is 14.7. The van der Waals surface area contributed by atoms with E-state index in [0.29, 0.717) is 0 Å². The van der Waals surface area contributed by atoms with Crippen molar-refractivity contribution >= 4 is 20.4 Å². The molecule has 10 heteroatoms. The van der Waals surface area contributed by atoms with Crippen molar-refractivity contribution in [2.24, 2.45) is 0 Å². The third-order valence-electron chi connectivity index (χ3n) is 1.54. The van der Waals surface area contributed by atoms with Gasteiger partial charge in [0.1, 0.15) is 0 Å². The Labute approximate surface area is 87.2 Å². The van der Waals surface area contributed by atoms with E-state index in [1.54, 1.807) is 0 Å². The van der Waals surface area contributed by atoms with Crippen LogP contribution in [0.5, 0.6) is 0 Å². The molecule has 0 aromatic carbocycles. The molecule has 0 saturated carbocycles. The van der Waals surface area contributed by atoms with Crippen LogP contribution in [-0.4, -0.2) is 38.4 Å². The van der Waals surface area contributed by atoms with Crippen molar-refractivity contribution in [1.82, 2.24) is 0 Å². The van der Waals surface area contributed by atoms with Gasteiger partial charge in [0.05, 0.1) is 0 Å². The first-order valence-electron chi connectivity index (χ1n) is 3.60. The van der Waals surface area contributed by atoms with Crippen molar-refractivity contribution in [3.63, 3.8) is 0 Å². The van der Waals surface area contributed by atoms with Gasteiger partial charge in [0.15, 0.2) is 0 Å². The summed E-state index contributed by atoms with van der Waals surface area (Å²) in [5.41, 5.74) is 8.65. The van der Waals surface area contributed by atoms with E-state index in [1.807, 2.05) is 0 Å². The van der Waals surface area contributed by atoms with Gasteiger partial charge in [-0.05, 0) is 0 Å². The van der Waals surface area contributed by atoms with Gasteiger partial charge in [-0.25, -0.2) is 9.13 Å². The highest BCUT2D eigenvalue weighted by molar-refractivity contribution is 7.98. The Balaban J connectivity index is 5.56. The van der Waals surface area contributed by atoms with Gasteiger partial charge < -0.3 is 23.6 Å². The molecule has 0 rings (SSSR count). The van der Waals surface area contributed by atoms with Gasteiger partial charge in [0.25, 0.3) is 0 Å². The zero-order valence-corrected chi connectivity index (χ0v) is 10.5. The molecule has 0 radical (unpaired) electrons. The molecule has 0 fully saturated rings. The molecule has 0 atom stereocenters. The fraction of sp³-hybridized carbons (Fsp3) is 0.800. The monoisotopic (exact) mass is 258 g/mol. The van der Waals surface area contributed by atoms with Crippen LogP contribution in [0.15, 0.2) is 0 Å². The maximum absolute atomic E-state index is 11.8. The lowest BCUT2D eigenvalue weighted by Gasteiger charge is -2.13. The highest BCUT2D eigenvalue weighted by Gasteiger charge is 2.54. The molecule has 0 N–H and O–H groups in total. The van der Waals surface area contributed by atoms with E-state index in [-0.39, 0.29) is 0 Å². The molecule has 0 spiro atoms. The van der Waals surface area contributed by atoms with Gasteiger partial charge in [-0.15, -0.1) is 4.79 Å². The summed E-state index contributed by atoms with van der Waals surface area (Å²) in [5.74, 6) is 0. The van der Waals surface area contributed by atoms with Crippen molar-refractivity contribution in [2.45, 2.75) is 0 Å². The summed E-state index contributed by atoms with van der Waals surface area (Å²) in [7, 11) is -3.73. The zero-order valence-electron chi connectivity index (χ0n) is 8.74. The van der Waals surface area contributed by atoms with Crippen molar-refractivity contribution < 1.29 is 32.0 Å². The molecule has 88 valence electrons. The van der Waals surface area contributed by atoms with E-state index in [1.165, 1.54) is 0 Å². The van der Waals surface area contributed by atoms with Crippen LogP contribution in [0.2, 0.25) is 0 Å². The van der Waals surface area contributed by atoms with E-state index in [2.05, 4.69) is 22.9 Å². The summed E-state index contributed by atoms with van der Waals surface area (Å²) in [6.45, 7) is 0. The quantitative estimate of drug-likeness (QED) is 0.309. The maximum atomic E-state index is 11.8. The molecule has 0 unspecified atom stereocenters. The summed E-state index contributed by atoms with van der Waals surface area (Å²) >= 11 is 0. The first-order chi connectivity index (χ1) is 6.94. The fourth-order valence-corrected chi connectivity index (χ4v) is 4.09. The zero-order chi connectivity index (χ0) is 12.1. The number of nitrogens with zero attached hydrogens (tertiary/aromatic N) is 2. The minimum Gasteiger partial charge on any atom is -0.360 e. The molecular formula is C5H12N2O6P2. The SMILES string of the molecule is COP(=O)(OC)C(=[N+]=[N-])P(=O)(OC)OC. The maximum Gasteiger partial charge on any atom is 0.486 e. The van der Waals surface area contributed by atoms with Gasteiger partial charge in [0.2, 0.25) is 0 Å². The molecule has 0 amide bonds. The van der Waals surface area contributed by atoms with Crippen LogP contribution in [0.4, 0.5) is 0 Å². The largest absolute Gasteiger partial charge is 0.486 e. The number of hydrogen-bond donors (Lipinski definition) is 0. The Bertz CT molecular complexity index is 319. The smallest absolute Gasteiger partial charge is 0.360 e. The van der Waals surface area contributed by atoms with Gasteiger partial charge >= 0.3 is 20.4 Å². The molecule has 0 bridgehead atoms. The van der Waals surface area contributed by atoms with Crippen molar-refractivity contribution in [3.8, 4) is 0 Å². The second-order valence-electron chi connectivity index (χ2n) is 2.13. The third-order valence-corrected chi connectivity index (χ3v) is 6.09. The van der Waals surface area contributed by atoms with E-state index in [9.17, 15) is 9.13 Å². The van der Waals surface area contributed by atoms with Crippen molar-refractivity contribution in [3.05, 3.63) is 5.53 Å². The normalized spacial score (nSPS) is 12.3. The molecule has 15 heavy (non-hydrogen) atoms. The predicted molar refractivity (Wildman–Crippen MR) is 51.9 cm³/mol. The lowest BCUT2D eigenvalue weighted by Crippen LogP contribution is -2.09. The molecule has 0 aliphatic rings. The molecule has 0 saturated heterocycles. The average molecular weight is 258 g/mol. The standard InChI is InChI=1S/C5H12N2O6P2/c1-10-14(8,11-2)5(7-6)15(9,12-3)13-4/h1-4H3. The Morgan fingerprint density at radius 1 is 0.933 bits per heavy atom. The van der Waals surface area contributed by atoms with E-state index < -0.39 is 20.4 Å². The minimum absolute atomic E-state index is 0.801.